The number of rotatable bonds is 6. The molecule has 2 fully saturated rings. The Morgan fingerprint density at radius 3 is 3.04 bits per heavy atom. The maximum atomic E-state index is 5.35. The van der Waals surface area contributed by atoms with E-state index in [0.717, 1.165) is 37.9 Å². The van der Waals surface area contributed by atoms with Crippen molar-refractivity contribution in [3.8, 4) is 5.75 Å². The second-order valence-electron chi connectivity index (χ2n) is 7.51. The molecule has 3 rings (SSSR count). The zero-order valence-corrected chi connectivity index (χ0v) is 17.1. The van der Waals surface area contributed by atoms with Gasteiger partial charge < -0.3 is 20.3 Å². The van der Waals surface area contributed by atoms with Crippen LogP contribution in [0, 0.1) is 5.92 Å². The molecule has 2 heterocycles. The van der Waals surface area contributed by atoms with Gasteiger partial charge in [0.1, 0.15) is 5.75 Å². The van der Waals surface area contributed by atoms with E-state index in [2.05, 4.69) is 57.4 Å². The Hall–Kier alpha value is -1.56. The number of anilines is 1. The van der Waals surface area contributed by atoms with Crippen molar-refractivity contribution < 1.29 is 4.74 Å². The highest BCUT2D eigenvalue weighted by Gasteiger charge is 2.29. The Kier molecular flexibility index (Phi) is 6.57. The molecule has 0 aromatic heterocycles. The first-order valence-electron chi connectivity index (χ1n) is 9.59. The van der Waals surface area contributed by atoms with Gasteiger partial charge in [-0.15, -0.1) is 0 Å². The van der Waals surface area contributed by atoms with Gasteiger partial charge in [0.05, 0.1) is 7.11 Å². The molecule has 2 aliphatic rings. The van der Waals surface area contributed by atoms with Gasteiger partial charge in [0.15, 0.2) is 5.96 Å². The summed E-state index contributed by atoms with van der Waals surface area (Å²) in [5.41, 5.74) is 1.25. The number of benzene rings is 1. The zero-order valence-electron chi connectivity index (χ0n) is 16.3. The molecular weight excluding hydrogens is 344 g/mol. The minimum absolute atomic E-state index is 0.355. The smallest absolute Gasteiger partial charge is 0.191 e. The van der Waals surface area contributed by atoms with Crippen LogP contribution in [0.5, 0.6) is 5.75 Å². The lowest BCUT2D eigenvalue weighted by atomic mass is 10.1. The Bertz CT molecular complexity index is 616. The highest BCUT2D eigenvalue weighted by Crippen LogP contribution is 2.36. The maximum Gasteiger partial charge on any atom is 0.191 e. The second kappa shape index (κ2) is 8.89. The monoisotopic (exact) mass is 376 g/mol. The molecule has 6 heteroatoms. The summed E-state index contributed by atoms with van der Waals surface area (Å²) in [6.07, 6.45) is 3.83. The average molecular weight is 377 g/mol. The van der Waals surface area contributed by atoms with Crippen LogP contribution in [0.2, 0.25) is 0 Å². The molecule has 2 N–H and O–H groups in total. The van der Waals surface area contributed by atoms with Crippen LogP contribution >= 0.6 is 11.8 Å². The first-order valence-corrected chi connectivity index (χ1v) is 10.6. The number of thioether (sulfide) groups is 1. The van der Waals surface area contributed by atoms with Crippen molar-refractivity contribution in [3.63, 3.8) is 0 Å². The topological polar surface area (TPSA) is 48.9 Å². The van der Waals surface area contributed by atoms with E-state index in [1.165, 1.54) is 30.7 Å². The molecule has 0 radical (unpaired) electrons. The molecule has 2 aliphatic heterocycles. The second-order valence-corrected chi connectivity index (χ2v) is 9.19. The van der Waals surface area contributed by atoms with Crippen molar-refractivity contribution >= 4 is 23.4 Å². The Labute approximate surface area is 162 Å². The Balaban J connectivity index is 1.44. The Morgan fingerprint density at radius 1 is 1.42 bits per heavy atom. The van der Waals surface area contributed by atoms with Gasteiger partial charge >= 0.3 is 0 Å². The van der Waals surface area contributed by atoms with Crippen molar-refractivity contribution in [3.05, 3.63) is 24.3 Å². The van der Waals surface area contributed by atoms with Gasteiger partial charge in [0, 0.05) is 49.7 Å². The van der Waals surface area contributed by atoms with Gasteiger partial charge in [-0.2, -0.15) is 11.8 Å². The lowest BCUT2D eigenvalue weighted by molar-refractivity contribution is 0.415. The van der Waals surface area contributed by atoms with Crippen molar-refractivity contribution in [1.29, 1.82) is 0 Å². The molecule has 0 aliphatic carbocycles. The lowest BCUT2D eigenvalue weighted by Crippen LogP contribution is -2.45. The largest absolute Gasteiger partial charge is 0.497 e. The van der Waals surface area contributed by atoms with Crippen LogP contribution < -0.4 is 20.3 Å². The van der Waals surface area contributed by atoms with Crippen molar-refractivity contribution in [2.75, 3.05) is 51.0 Å². The van der Waals surface area contributed by atoms with Gasteiger partial charge in [-0.3, -0.25) is 4.99 Å². The summed E-state index contributed by atoms with van der Waals surface area (Å²) in [6.45, 7) is 6.47. The van der Waals surface area contributed by atoms with E-state index >= 15 is 0 Å². The molecule has 0 amide bonds. The highest BCUT2D eigenvalue weighted by molar-refractivity contribution is 8.00. The van der Waals surface area contributed by atoms with Crippen LogP contribution in [-0.2, 0) is 0 Å². The molecule has 0 spiro atoms. The fourth-order valence-corrected chi connectivity index (χ4v) is 4.99. The molecule has 0 bridgehead atoms. The van der Waals surface area contributed by atoms with Crippen LogP contribution in [0.25, 0.3) is 0 Å². The molecular formula is C20H32N4OS. The SMILES string of the molecule is CN=C(NCC1CCN(c2cccc(OC)c2)C1)NCC1(C)CCCS1. The minimum atomic E-state index is 0.355. The van der Waals surface area contributed by atoms with E-state index in [4.69, 9.17) is 4.74 Å². The molecule has 0 saturated carbocycles. The van der Waals surface area contributed by atoms with Crippen molar-refractivity contribution in [2.45, 2.75) is 30.9 Å². The average Bonchev–Trinajstić information content (AvgIpc) is 3.31. The fourth-order valence-electron chi connectivity index (χ4n) is 3.75. The maximum absolute atomic E-state index is 5.35. The summed E-state index contributed by atoms with van der Waals surface area (Å²) in [5, 5.41) is 7.05. The third-order valence-electron chi connectivity index (χ3n) is 5.42. The van der Waals surface area contributed by atoms with E-state index in [0.29, 0.717) is 10.7 Å². The minimum Gasteiger partial charge on any atom is -0.497 e. The summed E-state index contributed by atoms with van der Waals surface area (Å²) in [6, 6.07) is 8.35. The van der Waals surface area contributed by atoms with Gasteiger partial charge in [-0.1, -0.05) is 6.07 Å². The third-order valence-corrected chi connectivity index (χ3v) is 6.95. The quantitative estimate of drug-likeness (QED) is 0.590. The molecule has 2 atom stereocenters. The lowest BCUT2D eigenvalue weighted by Gasteiger charge is -2.25. The summed E-state index contributed by atoms with van der Waals surface area (Å²) in [7, 11) is 3.58. The summed E-state index contributed by atoms with van der Waals surface area (Å²) >= 11 is 2.08. The van der Waals surface area contributed by atoms with E-state index in [1.54, 1.807) is 7.11 Å². The number of nitrogens with zero attached hydrogens (tertiary/aromatic N) is 2. The van der Waals surface area contributed by atoms with Gasteiger partial charge in [0.2, 0.25) is 0 Å². The van der Waals surface area contributed by atoms with Crippen molar-refractivity contribution in [1.82, 2.24) is 10.6 Å². The molecule has 5 nitrogen and oxygen atoms in total. The predicted octanol–water partition coefficient (Wildman–Crippen LogP) is 2.97. The van der Waals surface area contributed by atoms with Crippen molar-refractivity contribution in [2.24, 2.45) is 10.9 Å². The summed E-state index contributed by atoms with van der Waals surface area (Å²) < 4.78 is 5.70. The zero-order chi connectivity index (χ0) is 18.4. The molecule has 2 unspecified atom stereocenters. The van der Waals surface area contributed by atoms with E-state index in [9.17, 15) is 0 Å². The standard InChI is InChI=1S/C20H32N4OS/c1-20(9-5-11-26-20)15-23-19(21-2)22-13-16-8-10-24(14-16)17-6-4-7-18(12-17)25-3/h4,6-7,12,16H,5,8-11,13-15H2,1-3H3,(H2,21,22,23). The van der Waals surface area contributed by atoms with Gasteiger partial charge in [-0.05, 0) is 50.0 Å². The van der Waals surface area contributed by atoms with Gasteiger partial charge in [0.25, 0.3) is 0 Å². The number of guanidine groups is 1. The first-order chi connectivity index (χ1) is 12.6. The van der Waals surface area contributed by atoms with Crippen LogP contribution in [0.1, 0.15) is 26.2 Å². The van der Waals surface area contributed by atoms with Crippen LogP contribution in [0.4, 0.5) is 5.69 Å². The number of hydrogen-bond donors (Lipinski definition) is 2. The Morgan fingerprint density at radius 2 is 2.31 bits per heavy atom. The van der Waals surface area contributed by atoms with E-state index in [1.807, 2.05) is 13.1 Å². The highest BCUT2D eigenvalue weighted by atomic mass is 32.2. The third kappa shape index (κ3) is 5.00. The molecule has 1 aromatic rings. The summed E-state index contributed by atoms with van der Waals surface area (Å²) in [5.74, 6) is 3.77. The number of ether oxygens (including phenoxy) is 1. The number of nitrogens with one attached hydrogen (secondary N) is 2. The van der Waals surface area contributed by atoms with E-state index in [-0.39, 0.29) is 0 Å². The molecule has 144 valence electrons. The molecule has 1 aromatic carbocycles. The number of aliphatic imine (C=N–C) groups is 1. The first kappa shape index (κ1) is 19.2. The number of hydrogen-bond acceptors (Lipinski definition) is 4. The fraction of sp³-hybridized carbons (Fsp3) is 0.650. The van der Waals surface area contributed by atoms with Crippen LogP contribution in [-0.4, -0.2) is 56.8 Å². The van der Waals surface area contributed by atoms with Crippen LogP contribution in [0.15, 0.2) is 29.3 Å². The number of methoxy groups -OCH3 is 1. The molecule has 26 heavy (non-hydrogen) atoms. The molecule has 2 saturated heterocycles. The summed E-state index contributed by atoms with van der Waals surface area (Å²) in [4.78, 5) is 6.84. The van der Waals surface area contributed by atoms with E-state index < -0.39 is 0 Å². The van der Waals surface area contributed by atoms with Gasteiger partial charge in [-0.25, -0.2) is 0 Å². The van der Waals surface area contributed by atoms with Crippen LogP contribution in [0.3, 0.4) is 0 Å². The normalized spacial score (nSPS) is 26.2. The predicted molar refractivity (Wildman–Crippen MR) is 113 cm³/mol.